The Morgan fingerprint density at radius 3 is 2.82 bits per heavy atom. The van der Waals surface area contributed by atoms with Crippen LogP contribution in [0.5, 0.6) is 5.75 Å². The van der Waals surface area contributed by atoms with Crippen LogP contribution < -0.4 is 21.8 Å². The Bertz CT molecular complexity index is 1050. The van der Waals surface area contributed by atoms with E-state index in [2.05, 4.69) is 20.5 Å². The Labute approximate surface area is 196 Å². The predicted molar refractivity (Wildman–Crippen MR) is 122 cm³/mol. The molecule has 2 heterocycles. The number of hydrogen-bond donors (Lipinski definition) is 4. The van der Waals surface area contributed by atoms with Crippen LogP contribution >= 0.6 is 11.6 Å². The number of phenols is 1. The van der Waals surface area contributed by atoms with E-state index in [0.29, 0.717) is 30.1 Å². The van der Waals surface area contributed by atoms with Crippen LogP contribution in [0.1, 0.15) is 22.3 Å². The number of ether oxygens (including phenoxy) is 1. The van der Waals surface area contributed by atoms with Gasteiger partial charge < -0.3 is 20.9 Å². The van der Waals surface area contributed by atoms with Gasteiger partial charge in [-0.05, 0) is 31.2 Å². The van der Waals surface area contributed by atoms with Crippen molar-refractivity contribution in [3.8, 4) is 5.75 Å². The van der Waals surface area contributed by atoms with Crippen molar-refractivity contribution < 1.29 is 23.8 Å². The molecule has 2 atom stereocenters. The van der Waals surface area contributed by atoms with Crippen molar-refractivity contribution in [1.82, 2.24) is 20.0 Å². The first kappa shape index (κ1) is 24.8. The maximum Gasteiger partial charge on any atom is 0.412 e. The zero-order chi connectivity index (χ0) is 24.3. The molecule has 10 nitrogen and oxygen atoms in total. The number of aromatic hydroxyl groups is 1. The van der Waals surface area contributed by atoms with Gasteiger partial charge in [0.1, 0.15) is 30.9 Å². The molecule has 5 N–H and O–H groups in total. The molecule has 0 saturated carbocycles. The molecule has 1 aromatic carbocycles. The van der Waals surface area contributed by atoms with Crippen LogP contribution in [-0.4, -0.2) is 79.6 Å². The average Bonchev–Trinajstić information content (AvgIpc) is 3.18. The molecule has 33 heavy (non-hydrogen) atoms. The van der Waals surface area contributed by atoms with E-state index in [1.165, 1.54) is 30.1 Å². The summed E-state index contributed by atoms with van der Waals surface area (Å²) in [5.41, 5.74) is 5.01. The van der Waals surface area contributed by atoms with Crippen LogP contribution in [0.3, 0.4) is 0 Å². The number of halogens is 2. The highest BCUT2D eigenvalue weighted by molar-refractivity contribution is 6.37. The Hall–Kier alpha value is -2.83. The molecule has 1 aliphatic heterocycles. The Kier molecular flexibility index (Phi) is 7.50. The molecule has 3 rings (SSSR count). The van der Waals surface area contributed by atoms with Gasteiger partial charge in [0.25, 0.3) is 5.91 Å². The summed E-state index contributed by atoms with van der Waals surface area (Å²) in [4.78, 5) is 25.4. The Morgan fingerprint density at radius 1 is 1.48 bits per heavy atom. The quantitative estimate of drug-likeness (QED) is 0.425. The fourth-order valence-corrected chi connectivity index (χ4v) is 4.22. The third kappa shape index (κ3) is 5.07. The number of piperidine rings is 1. The van der Waals surface area contributed by atoms with E-state index in [1.54, 1.807) is 7.05 Å². The van der Waals surface area contributed by atoms with Crippen LogP contribution in [-0.2, 0) is 16.8 Å². The molecule has 1 aromatic heterocycles. The molecule has 1 saturated heterocycles. The lowest BCUT2D eigenvalue weighted by atomic mass is 9.85. The van der Waals surface area contributed by atoms with E-state index in [9.17, 15) is 14.7 Å². The molecule has 2 radical (unpaired) electrons. The topological polar surface area (TPSA) is 135 Å². The van der Waals surface area contributed by atoms with Crippen molar-refractivity contribution >= 4 is 42.7 Å². The number of nitrogens with two attached hydrogens (primary N) is 1. The number of hydrogen-bond acceptors (Lipinski definition) is 7. The number of alkyl halides is 1. The summed E-state index contributed by atoms with van der Waals surface area (Å²) in [5, 5.41) is 19.9. The molecule has 0 spiro atoms. The zero-order valence-electron chi connectivity index (χ0n) is 18.3. The first-order valence-electron chi connectivity index (χ1n) is 10.1. The molecule has 1 fully saturated rings. The van der Waals surface area contributed by atoms with Crippen LogP contribution in [0.2, 0.25) is 5.02 Å². The number of nitrogens with one attached hydrogen (secondary N) is 2. The van der Waals surface area contributed by atoms with Gasteiger partial charge in [0.15, 0.2) is 5.82 Å². The number of methoxy groups -OCH3 is 1. The third-order valence-corrected chi connectivity index (χ3v) is 6.13. The second-order valence-corrected chi connectivity index (χ2v) is 8.31. The molecule has 2 unspecified atom stereocenters. The minimum atomic E-state index is -1.41. The number of primary amides is 1. The van der Waals surface area contributed by atoms with E-state index in [1.807, 2.05) is 4.90 Å². The molecule has 2 aromatic rings. The van der Waals surface area contributed by atoms with E-state index in [-0.39, 0.29) is 35.7 Å². The van der Waals surface area contributed by atoms with Gasteiger partial charge in [0, 0.05) is 37.4 Å². The molecule has 13 heteroatoms. The second kappa shape index (κ2) is 9.98. The number of amides is 2. The van der Waals surface area contributed by atoms with Gasteiger partial charge in [-0.2, -0.15) is 5.10 Å². The Balaban J connectivity index is 1.87. The Morgan fingerprint density at radius 2 is 2.21 bits per heavy atom. The number of carbonyl (C=O) groups is 2. The van der Waals surface area contributed by atoms with E-state index < -0.39 is 23.7 Å². The van der Waals surface area contributed by atoms with Crippen LogP contribution in [0.4, 0.5) is 15.0 Å². The number of nitrogens with zero attached hydrogens (tertiary/aromatic N) is 3. The first-order valence-corrected chi connectivity index (χ1v) is 10.5. The summed E-state index contributed by atoms with van der Waals surface area (Å²) < 4.78 is 21.7. The molecule has 1 aliphatic rings. The lowest BCUT2D eigenvalue weighted by molar-refractivity contribution is 0.00564. The molecule has 2 amide bonds. The van der Waals surface area contributed by atoms with E-state index >= 15 is 4.39 Å². The van der Waals surface area contributed by atoms with Crippen molar-refractivity contribution in [2.45, 2.75) is 24.7 Å². The van der Waals surface area contributed by atoms with Crippen LogP contribution in [0, 0.1) is 0 Å². The van der Waals surface area contributed by atoms with Crippen molar-refractivity contribution in [2.75, 3.05) is 39.1 Å². The van der Waals surface area contributed by atoms with E-state index in [4.69, 9.17) is 25.2 Å². The number of phenolic OH excluding ortho intramolecular Hbond substituents is 1. The van der Waals surface area contributed by atoms with Crippen LogP contribution in [0.15, 0.2) is 18.3 Å². The summed E-state index contributed by atoms with van der Waals surface area (Å²) in [6.45, 7) is 1.02. The highest BCUT2D eigenvalue weighted by atomic mass is 35.5. The summed E-state index contributed by atoms with van der Waals surface area (Å²) in [6, 6.07) is 2.93. The van der Waals surface area contributed by atoms with Gasteiger partial charge in [-0.3, -0.25) is 19.7 Å². The van der Waals surface area contributed by atoms with Crippen molar-refractivity contribution in [1.29, 1.82) is 0 Å². The number of rotatable bonds is 7. The lowest BCUT2D eigenvalue weighted by Gasteiger charge is -2.44. The minimum absolute atomic E-state index is 0.0364. The summed E-state index contributed by atoms with van der Waals surface area (Å²) in [5.74, 6) is -1.02. The number of benzene rings is 1. The first-order chi connectivity index (χ1) is 15.6. The fraction of sp³-hybridized carbons (Fsp3) is 0.450. The second-order valence-electron chi connectivity index (χ2n) is 7.91. The van der Waals surface area contributed by atoms with Crippen LogP contribution in [0.25, 0.3) is 0 Å². The monoisotopic (exact) mass is 478 g/mol. The number of anilines is 1. The summed E-state index contributed by atoms with van der Waals surface area (Å²) in [6.07, 6.45) is -0.583. The van der Waals surface area contributed by atoms with Crippen molar-refractivity contribution in [3.05, 3.63) is 34.5 Å². The van der Waals surface area contributed by atoms with Gasteiger partial charge >= 0.3 is 6.09 Å². The number of carbonyl (C=O) groups excluding carboxylic acids is 2. The van der Waals surface area contributed by atoms with E-state index in [0.717, 1.165) is 0 Å². The minimum Gasteiger partial charge on any atom is -0.509 e. The maximum absolute atomic E-state index is 15.8. The molecular formula is C20H25BClFN6O4. The number of likely N-dealkylation sites (tertiary alicyclic amines) is 1. The smallest absolute Gasteiger partial charge is 0.412 e. The molecular weight excluding hydrogens is 454 g/mol. The highest BCUT2D eigenvalue weighted by Gasteiger charge is 2.46. The molecule has 176 valence electrons. The van der Waals surface area contributed by atoms with Gasteiger partial charge in [-0.25, -0.2) is 9.18 Å². The van der Waals surface area contributed by atoms with Gasteiger partial charge in [-0.1, -0.05) is 17.1 Å². The zero-order valence-corrected chi connectivity index (χ0v) is 19.0. The maximum atomic E-state index is 15.8. The summed E-state index contributed by atoms with van der Waals surface area (Å²) >= 11 is 6.24. The third-order valence-electron chi connectivity index (χ3n) is 5.78. The fourth-order valence-electron chi connectivity index (χ4n) is 3.99. The standard InChI is InChI=1S/C20H25BClFN6O4/c1-25-10-20(29-8-12(17(24)31)18(27-29)26-19(32)33-2)3-4-28(9-16(20)23)7-11-5-15(30)13(21)6-14(11)22/h5-6,8,16,25,30H,3-4,7,9-10H2,1-2H3,(H2,24,31)(H,26,27,32). The number of likely N-dealkylation sites (N-methyl/N-ethyl adjacent to an activating group) is 1. The largest absolute Gasteiger partial charge is 0.509 e. The summed E-state index contributed by atoms with van der Waals surface area (Å²) in [7, 11) is 8.51. The van der Waals surface area contributed by atoms with Gasteiger partial charge in [0.2, 0.25) is 0 Å². The average molecular weight is 479 g/mol. The normalized spacial score (nSPS) is 21.0. The van der Waals surface area contributed by atoms with Crippen molar-refractivity contribution in [2.24, 2.45) is 5.73 Å². The lowest BCUT2D eigenvalue weighted by Crippen LogP contribution is -2.58. The van der Waals surface area contributed by atoms with Crippen molar-refractivity contribution in [3.63, 3.8) is 0 Å². The predicted octanol–water partition coefficient (Wildman–Crippen LogP) is 0.472. The SMILES string of the molecule is [B]c1cc(Cl)c(CN2CCC(CNC)(n3cc(C(N)=O)c(NC(=O)OC)n3)C(F)C2)cc1O. The molecule has 0 aliphatic carbocycles. The number of aromatic nitrogens is 2. The molecule has 0 bridgehead atoms. The highest BCUT2D eigenvalue weighted by Crippen LogP contribution is 2.35. The van der Waals surface area contributed by atoms with Gasteiger partial charge in [0.05, 0.1) is 7.11 Å². The van der Waals surface area contributed by atoms with Gasteiger partial charge in [-0.15, -0.1) is 0 Å².